The summed E-state index contributed by atoms with van der Waals surface area (Å²) in [6.07, 6.45) is 2.31. The summed E-state index contributed by atoms with van der Waals surface area (Å²) in [6, 6.07) is 6.92. The molecule has 0 amide bonds. The molecule has 0 aromatic heterocycles. The van der Waals surface area contributed by atoms with Gasteiger partial charge in [-0.25, -0.2) is 0 Å². The first-order valence-electron chi connectivity index (χ1n) is 5.30. The van der Waals surface area contributed by atoms with Gasteiger partial charge in [-0.05, 0) is 35.4 Å². The Balaban J connectivity index is 3.05. The molecule has 0 saturated carbocycles. The van der Waals surface area contributed by atoms with Crippen molar-refractivity contribution in [1.82, 2.24) is 0 Å². The smallest absolute Gasteiger partial charge is 0.0219 e. The van der Waals surface area contributed by atoms with Gasteiger partial charge in [-0.3, -0.25) is 0 Å². The SMILES string of the molecule is CCc1ccc(C(C)C)cc1CC. The fraction of sp³-hybridized carbons (Fsp3) is 0.538. The fourth-order valence-electron chi connectivity index (χ4n) is 1.68. The van der Waals surface area contributed by atoms with Gasteiger partial charge in [0.15, 0.2) is 0 Å². The largest absolute Gasteiger partial charge is 0.0613 e. The molecule has 1 aromatic carbocycles. The molecule has 0 unspecified atom stereocenters. The third-order valence-corrected chi connectivity index (χ3v) is 2.66. The molecule has 0 nitrogen and oxygen atoms in total. The molecule has 0 aliphatic rings. The molecule has 0 heterocycles. The van der Waals surface area contributed by atoms with E-state index < -0.39 is 0 Å². The summed E-state index contributed by atoms with van der Waals surface area (Å²) >= 11 is 0. The number of hydrogen-bond donors (Lipinski definition) is 0. The van der Waals surface area contributed by atoms with E-state index in [-0.39, 0.29) is 0 Å². The molecular weight excluding hydrogens is 156 g/mol. The number of rotatable bonds is 3. The van der Waals surface area contributed by atoms with E-state index in [1.54, 1.807) is 0 Å². The van der Waals surface area contributed by atoms with Crippen LogP contribution >= 0.6 is 0 Å². The van der Waals surface area contributed by atoms with Crippen LogP contribution in [0.15, 0.2) is 18.2 Å². The highest BCUT2D eigenvalue weighted by Gasteiger charge is 2.03. The average Bonchev–Trinajstić information content (AvgIpc) is 2.16. The van der Waals surface area contributed by atoms with Crippen molar-refractivity contribution in [3.63, 3.8) is 0 Å². The zero-order valence-corrected chi connectivity index (χ0v) is 9.22. The minimum Gasteiger partial charge on any atom is -0.0613 e. The van der Waals surface area contributed by atoms with Gasteiger partial charge in [-0.2, -0.15) is 0 Å². The van der Waals surface area contributed by atoms with Gasteiger partial charge in [0.1, 0.15) is 0 Å². The van der Waals surface area contributed by atoms with E-state index in [2.05, 4.69) is 45.9 Å². The first-order chi connectivity index (χ1) is 6.19. The molecule has 0 aliphatic carbocycles. The molecule has 0 fully saturated rings. The van der Waals surface area contributed by atoms with Gasteiger partial charge < -0.3 is 0 Å². The van der Waals surface area contributed by atoms with Crippen molar-refractivity contribution in [1.29, 1.82) is 0 Å². The molecule has 13 heavy (non-hydrogen) atoms. The Bertz CT molecular complexity index is 271. The molecule has 0 saturated heterocycles. The predicted octanol–water partition coefficient (Wildman–Crippen LogP) is 3.93. The molecule has 0 heteroatoms. The van der Waals surface area contributed by atoms with Gasteiger partial charge in [0, 0.05) is 0 Å². The Labute approximate surface area is 82.0 Å². The number of hydrogen-bond acceptors (Lipinski definition) is 0. The summed E-state index contributed by atoms with van der Waals surface area (Å²) in [4.78, 5) is 0. The molecule has 1 aromatic rings. The van der Waals surface area contributed by atoms with E-state index in [4.69, 9.17) is 0 Å². The van der Waals surface area contributed by atoms with Crippen LogP contribution in [0, 0.1) is 0 Å². The van der Waals surface area contributed by atoms with E-state index in [9.17, 15) is 0 Å². The molecular formula is C13H20. The van der Waals surface area contributed by atoms with Crippen LogP contribution in [0.25, 0.3) is 0 Å². The molecule has 0 atom stereocenters. The molecule has 0 aliphatic heterocycles. The summed E-state index contributed by atoms with van der Waals surface area (Å²) in [6.45, 7) is 8.96. The summed E-state index contributed by atoms with van der Waals surface area (Å²) in [5.74, 6) is 0.649. The highest BCUT2D eigenvalue weighted by atomic mass is 14.1. The standard InChI is InChI=1S/C13H20/c1-5-11-7-8-13(10(3)4)9-12(11)6-2/h7-10H,5-6H2,1-4H3. The van der Waals surface area contributed by atoms with Crippen LogP contribution in [0.5, 0.6) is 0 Å². The minimum absolute atomic E-state index is 0.649. The highest BCUT2D eigenvalue weighted by molar-refractivity contribution is 5.33. The second-order valence-corrected chi connectivity index (χ2v) is 3.89. The van der Waals surface area contributed by atoms with Crippen LogP contribution in [-0.2, 0) is 12.8 Å². The number of aryl methyl sites for hydroxylation is 2. The monoisotopic (exact) mass is 176 g/mol. The van der Waals surface area contributed by atoms with Crippen LogP contribution < -0.4 is 0 Å². The van der Waals surface area contributed by atoms with E-state index in [1.807, 2.05) is 0 Å². The molecule has 72 valence electrons. The molecule has 0 radical (unpaired) electrons. The number of benzene rings is 1. The first-order valence-corrected chi connectivity index (χ1v) is 5.30. The Morgan fingerprint density at radius 2 is 1.62 bits per heavy atom. The van der Waals surface area contributed by atoms with Crippen molar-refractivity contribution in [2.24, 2.45) is 0 Å². The maximum atomic E-state index is 2.36. The summed E-state index contributed by atoms with van der Waals surface area (Å²) < 4.78 is 0. The van der Waals surface area contributed by atoms with E-state index >= 15 is 0 Å². The molecule has 1 rings (SSSR count). The van der Waals surface area contributed by atoms with Crippen molar-refractivity contribution in [2.75, 3.05) is 0 Å². The quantitative estimate of drug-likeness (QED) is 0.654. The second-order valence-electron chi connectivity index (χ2n) is 3.89. The van der Waals surface area contributed by atoms with E-state index in [0.717, 1.165) is 12.8 Å². The van der Waals surface area contributed by atoms with Crippen LogP contribution in [-0.4, -0.2) is 0 Å². The lowest BCUT2D eigenvalue weighted by atomic mass is 9.95. The van der Waals surface area contributed by atoms with Gasteiger partial charge in [0.2, 0.25) is 0 Å². The normalized spacial score (nSPS) is 10.8. The van der Waals surface area contributed by atoms with Crippen molar-refractivity contribution in [2.45, 2.75) is 46.5 Å². The maximum absolute atomic E-state index is 2.36. The van der Waals surface area contributed by atoms with Gasteiger partial charge >= 0.3 is 0 Å². The Morgan fingerprint density at radius 3 is 2.08 bits per heavy atom. The Hall–Kier alpha value is -0.780. The van der Waals surface area contributed by atoms with Gasteiger partial charge in [0.25, 0.3) is 0 Å². The lowest BCUT2D eigenvalue weighted by Crippen LogP contribution is -1.95. The van der Waals surface area contributed by atoms with Gasteiger partial charge in [-0.15, -0.1) is 0 Å². The van der Waals surface area contributed by atoms with Crippen LogP contribution in [0.3, 0.4) is 0 Å². The summed E-state index contributed by atoms with van der Waals surface area (Å²) in [7, 11) is 0. The van der Waals surface area contributed by atoms with Crippen LogP contribution in [0.2, 0.25) is 0 Å². The maximum Gasteiger partial charge on any atom is -0.0219 e. The average molecular weight is 176 g/mol. The summed E-state index contributed by atoms with van der Waals surface area (Å²) in [5, 5.41) is 0. The molecule has 0 spiro atoms. The Morgan fingerprint density at radius 1 is 1.00 bits per heavy atom. The molecule has 0 bridgehead atoms. The topological polar surface area (TPSA) is 0 Å². The van der Waals surface area contributed by atoms with Gasteiger partial charge in [0.05, 0.1) is 0 Å². The van der Waals surface area contributed by atoms with E-state index in [0.29, 0.717) is 5.92 Å². The van der Waals surface area contributed by atoms with Crippen molar-refractivity contribution in [3.8, 4) is 0 Å². The molecule has 0 N–H and O–H groups in total. The zero-order chi connectivity index (χ0) is 9.84. The fourth-order valence-corrected chi connectivity index (χ4v) is 1.68. The van der Waals surface area contributed by atoms with Crippen LogP contribution in [0.1, 0.15) is 50.3 Å². The lowest BCUT2D eigenvalue weighted by Gasteiger charge is -2.11. The second kappa shape index (κ2) is 4.45. The van der Waals surface area contributed by atoms with Crippen molar-refractivity contribution in [3.05, 3.63) is 34.9 Å². The van der Waals surface area contributed by atoms with Crippen molar-refractivity contribution >= 4 is 0 Å². The predicted molar refractivity (Wildman–Crippen MR) is 59.3 cm³/mol. The third-order valence-electron chi connectivity index (χ3n) is 2.66. The van der Waals surface area contributed by atoms with E-state index in [1.165, 1.54) is 16.7 Å². The highest BCUT2D eigenvalue weighted by Crippen LogP contribution is 2.19. The van der Waals surface area contributed by atoms with Gasteiger partial charge in [-0.1, -0.05) is 45.9 Å². The van der Waals surface area contributed by atoms with Crippen molar-refractivity contribution < 1.29 is 0 Å². The first kappa shape index (κ1) is 10.3. The lowest BCUT2D eigenvalue weighted by molar-refractivity contribution is 0.858. The van der Waals surface area contributed by atoms with Crippen LogP contribution in [0.4, 0.5) is 0 Å². The Kier molecular flexibility index (Phi) is 3.53. The zero-order valence-electron chi connectivity index (χ0n) is 9.22. The summed E-state index contributed by atoms with van der Waals surface area (Å²) in [5.41, 5.74) is 4.50. The third kappa shape index (κ3) is 2.33. The minimum atomic E-state index is 0.649.